The van der Waals surface area contributed by atoms with E-state index in [0.29, 0.717) is 0 Å². The molecule has 0 aromatic rings. The van der Waals surface area contributed by atoms with E-state index in [2.05, 4.69) is 0 Å². The monoisotopic (exact) mass is 160 g/mol. The maximum absolute atomic E-state index is 9.42. The van der Waals surface area contributed by atoms with Gasteiger partial charge >= 0.3 is 0 Å². The number of ether oxygens (including phenoxy) is 2. The lowest BCUT2D eigenvalue weighted by Gasteiger charge is -2.26. The molecule has 1 saturated carbocycles. The fraction of sp³-hybridized carbons (Fsp3) is 1.00. The van der Waals surface area contributed by atoms with E-state index < -0.39 is 0 Å². The van der Waals surface area contributed by atoms with Crippen molar-refractivity contribution in [2.75, 3.05) is 14.2 Å². The standard InChI is InChI=1S/C8H16O3/c1-6(9)8(4-5-8)7(10-2)11-3/h6-7,9H,4-5H2,1-3H3. The predicted octanol–water partition coefficient (Wildman–Crippen LogP) is 0.766. The molecule has 1 aliphatic carbocycles. The first-order valence-electron chi connectivity index (χ1n) is 3.91. The molecule has 1 N–H and O–H groups in total. The third kappa shape index (κ3) is 1.41. The van der Waals surface area contributed by atoms with E-state index >= 15 is 0 Å². The molecule has 11 heavy (non-hydrogen) atoms. The Balaban J connectivity index is 2.55. The molecule has 0 amide bonds. The molecule has 0 aromatic carbocycles. The van der Waals surface area contributed by atoms with Gasteiger partial charge in [-0.1, -0.05) is 0 Å². The molecule has 0 saturated heterocycles. The lowest BCUT2D eigenvalue weighted by Crippen LogP contribution is -2.34. The first kappa shape index (κ1) is 8.97. The Hall–Kier alpha value is -0.120. The van der Waals surface area contributed by atoms with Crippen LogP contribution < -0.4 is 0 Å². The fourth-order valence-electron chi connectivity index (χ4n) is 1.56. The molecule has 66 valence electrons. The van der Waals surface area contributed by atoms with Crippen LogP contribution in [-0.2, 0) is 9.47 Å². The molecule has 0 aromatic heterocycles. The van der Waals surface area contributed by atoms with Gasteiger partial charge in [0.2, 0.25) is 0 Å². The summed E-state index contributed by atoms with van der Waals surface area (Å²) in [4.78, 5) is 0. The summed E-state index contributed by atoms with van der Waals surface area (Å²) in [5.41, 5.74) is -0.122. The van der Waals surface area contributed by atoms with Gasteiger partial charge in [0.05, 0.1) is 6.10 Å². The van der Waals surface area contributed by atoms with Crippen molar-refractivity contribution in [1.82, 2.24) is 0 Å². The van der Waals surface area contributed by atoms with Gasteiger partial charge in [-0.15, -0.1) is 0 Å². The second-order valence-electron chi connectivity index (χ2n) is 3.21. The Labute approximate surface area is 67.3 Å². The van der Waals surface area contributed by atoms with Crippen molar-refractivity contribution in [3.05, 3.63) is 0 Å². The summed E-state index contributed by atoms with van der Waals surface area (Å²) in [5.74, 6) is 0. The van der Waals surface area contributed by atoms with Crippen LogP contribution in [0.4, 0.5) is 0 Å². The minimum Gasteiger partial charge on any atom is -0.393 e. The summed E-state index contributed by atoms with van der Waals surface area (Å²) in [6, 6.07) is 0. The SMILES string of the molecule is COC(OC)C1(C(C)O)CC1. The first-order chi connectivity index (χ1) is 5.17. The van der Waals surface area contributed by atoms with Gasteiger partial charge in [0, 0.05) is 19.6 Å². The van der Waals surface area contributed by atoms with Gasteiger partial charge in [0.1, 0.15) is 0 Å². The highest BCUT2D eigenvalue weighted by molar-refractivity contribution is 4.99. The van der Waals surface area contributed by atoms with Gasteiger partial charge in [-0.05, 0) is 19.8 Å². The largest absolute Gasteiger partial charge is 0.393 e. The van der Waals surface area contributed by atoms with Crippen molar-refractivity contribution >= 4 is 0 Å². The van der Waals surface area contributed by atoms with Crippen LogP contribution in [-0.4, -0.2) is 31.7 Å². The summed E-state index contributed by atoms with van der Waals surface area (Å²) >= 11 is 0. The highest BCUT2D eigenvalue weighted by atomic mass is 16.7. The number of rotatable bonds is 4. The summed E-state index contributed by atoms with van der Waals surface area (Å²) < 4.78 is 10.2. The Morgan fingerprint density at radius 2 is 1.73 bits per heavy atom. The van der Waals surface area contributed by atoms with E-state index in [9.17, 15) is 5.11 Å². The van der Waals surface area contributed by atoms with E-state index in [0.717, 1.165) is 12.8 Å². The smallest absolute Gasteiger partial charge is 0.164 e. The molecule has 0 bridgehead atoms. The normalized spacial score (nSPS) is 23.7. The van der Waals surface area contributed by atoms with Crippen LogP contribution in [0.15, 0.2) is 0 Å². The van der Waals surface area contributed by atoms with Crippen LogP contribution in [0.1, 0.15) is 19.8 Å². The van der Waals surface area contributed by atoms with E-state index in [1.807, 2.05) is 0 Å². The topological polar surface area (TPSA) is 38.7 Å². The highest BCUT2D eigenvalue weighted by Crippen LogP contribution is 2.52. The van der Waals surface area contributed by atoms with Crippen LogP contribution in [0, 0.1) is 5.41 Å². The van der Waals surface area contributed by atoms with Gasteiger partial charge in [-0.2, -0.15) is 0 Å². The molecule has 0 radical (unpaired) electrons. The molecule has 1 aliphatic rings. The van der Waals surface area contributed by atoms with Crippen molar-refractivity contribution in [3.8, 4) is 0 Å². The van der Waals surface area contributed by atoms with Gasteiger partial charge in [-0.3, -0.25) is 0 Å². The molecular weight excluding hydrogens is 144 g/mol. The number of methoxy groups -OCH3 is 2. The molecule has 3 nitrogen and oxygen atoms in total. The third-order valence-corrected chi connectivity index (χ3v) is 2.56. The molecule has 0 aliphatic heterocycles. The molecule has 1 rings (SSSR count). The average Bonchev–Trinajstić information content (AvgIpc) is 2.71. The Bertz CT molecular complexity index is 125. The lowest BCUT2D eigenvalue weighted by atomic mass is 10.0. The average molecular weight is 160 g/mol. The summed E-state index contributed by atoms with van der Waals surface area (Å²) in [6.45, 7) is 1.79. The maximum atomic E-state index is 9.42. The molecule has 1 unspecified atom stereocenters. The number of aliphatic hydroxyl groups is 1. The summed E-state index contributed by atoms with van der Waals surface area (Å²) in [7, 11) is 3.22. The second-order valence-corrected chi connectivity index (χ2v) is 3.21. The Morgan fingerprint density at radius 1 is 1.27 bits per heavy atom. The zero-order chi connectivity index (χ0) is 8.48. The minimum atomic E-state index is -0.340. The molecule has 1 fully saturated rings. The predicted molar refractivity (Wildman–Crippen MR) is 41.2 cm³/mol. The minimum absolute atomic E-state index is 0.122. The van der Waals surface area contributed by atoms with Crippen LogP contribution in [0.2, 0.25) is 0 Å². The Morgan fingerprint density at radius 3 is 1.82 bits per heavy atom. The van der Waals surface area contributed by atoms with Gasteiger partial charge < -0.3 is 14.6 Å². The number of hydrogen-bond acceptors (Lipinski definition) is 3. The van der Waals surface area contributed by atoms with Gasteiger partial charge in [0.25, 0.3) is 0 Å². The fourth-order valence-corrected chi connectivity index (χ4v) is 1.56. The maximum Gasteiger partial charge on any atom is 0.164 e. The molecule has 0 heterocycles. The molecule has 1 atom stereocenters. The van der Waals surface area contributed by atoms with Crippen molar-refractivity contribution in [3.63, 3.8) is 0 Å². The van der Waals surface area contributed by atoms with E-state index in [1.165, 1.54) is 0 Å². The van der Waals surface area contributed by atoms with Crippen LogP contribution in [0.25, 0.3) is 0 Å². The van der Waals surface area contributed by atoms with Gasteiger partial charge in [0.15, 0.2) is 6.29 Å². The van der Waals surface area contributed by atoms with Gasteiger partial charge in [-0.25, -0.2) is 0 Å². The quantitative estimate of drug-likeness (QED) is 0.617. The van der Waals surface area contributed by atoms with Crippen LogP contribution in [0.3, 0.4) is 0 Å². The second kappa shape index (κ2) is 3.09. The first-order valence-corrected chi connectivity index (χ1v) is 3.91. The van der Waals surface area contributed by atoms with Crippen LogP contribution in [0.5, 0.6) is 0 Å². The number of hydrogen-bond donors (Lipinski definition) is 1. The zero-order valence-corrected chi connectivity index (χ0v) is 7.33. The van der Waals surface area contributed by atoms with Crippen molar-refractivity contribution in [2.24, 2.45) is 5.41 Å². The van der Waals surface area contributed by atoms with Crippen molar-refractivity contribution in [1.29, 1.82) is 0 Å². The van der Waals surface area contributed by atoms with E-state index in [1.54, 1.807) is 21.1 Å². The summed E-state index contributed by atoms with van der Waals surface area (Å²) in [6.07, 6.45) is 1.41. The van der Waals surface area contributed by atoms with Crippen molar-refractivity contribution < 1.29 is 14.6 Å². The van der Waals surface area contributed by atoms with E-state index in [4.69, 9.17) is 9.47 Å². The number of aliphatic hydroxyl groups excluding tert-OH is 1. The lowest BCUT2D eigenvalue weighted by molar-refractivity contribution is -0.170. The molecule has 3 heteroatoms. The molecule has 0 spiro atoms. The molecular formula is C8H16O3. The van der Waals surface area contributed by atoms with Crippen molar-refractivity contribution in [2.45, 2.75) is 32.2 Å². The van der Waals surface area contributed by atoms with Crippen LogP contribution >= 0.6 is 0 Å². The zero-order valence-electron chi connectivity index (χ0n) is 7.33. The Kier molecular flexibility index (Phi) is 2.52. The third-order valence-electron chi connectivity index (χ3n) is 2.56. The van der Waals surface area contributed by atoms with E-state index in [-0.39, 0.29) is 17.8 Å². The highest BCUT2D eigenvalue weighted by Gasteiger charge is 2.54. The summed E-state index contributed by atoms with van der Waals surface area (Å²) in [5, 5.41) is 9.42.